The molecule has 1 amide bonds. The van der Waals surface area contributed by atoms with Crippen LogP contribution in [0.25, 0.3) is 11.1 Å². The zero-order chi connectivity index (χ0) is 18.8. The van der Waals surface area contributed by atoms with Gasteiger partial charge in [0.15, 0.2) is 5.58 Å². The van der Waals surface area contributed by atoms with Crippen molar-refractivity contribution in [1.29, 1.82) is 0 Å². The van der Waals surface area contributed by atoms with E-state index in [1.165, 1.54) is 10.6 Å². The van der Waals surface area contributed by atoms with Crippen LogP contribution in [0.3, 0.4) is 0 Å². The van der Waals surface area contributed by atoms with Crippen LogP contribution >= 0.6 is 11.8 Å². The molecule has 2 heterocycles. The lowest BCUT2D eigenvalue weighted by molar-refractivity contribution is -0.131. The van der Waals surface area contributed by atoms with Crippen molar-refractivity contribution in [3.63, 3.8) is 0 Å². The van der Waals surface area contributed by atoms with Crippen molar-refractivity contribution in [1.82, 2.24) is 9.47 Å². The summed E-state index contributed by atoms with van der Waals surface area (Å²) in [7, 11) is 0. The van der Waals surface area contributed by atoms with Crippen LogP contribution in [0.2, 0.25) is 0 Å². The van der Waals surface area contributed by atoms with Gasteiger partial charge in [-0.15, -0.1) is 0 Å². The predicted molar refractivity (Wildman–Crippen MR) is 103 cm³/mol. The third kappa shape index (κ3) is 3.64. The van der Waals surface area contributed by atoms with E-state index in [0.717, 1.165) is 5.75 Å². The van der Waals surface area contributed by atoms with Crippen LogP contribution in [0.15, 0.2) is 57.7 Å². The summed E-state index contributed by atoms with van der Waals surface area (Å²) in [5, 5.41) is 0.0291. The fraction of sp³-hybridized carbons (Fsp3) is 0.300. The Morgan fingerprint density at radius 1 is 1.15 bits per heavy atom. The van der Waals surface area contributed by atoms with Gasteiger partial charge in [-0.3, -0.25) is 9.36 Å². The Morgan fingerprint density at radius 2 is 1.93 bits per heavy atom. The van der Waals surface area contributed by atoms with Gasteiger partial charge in [0.1, 0.15) is 12.4 Å². The molecule has 0 radical (unpaired) electrons. The van der Waals surface area contributed by atoms with Crippen LogP contribution < -0.4 is 5.76 Å². The van der Waals surface area contributed by atoms with Gasteiger partial charge in [-0.05, 0) is 24.6 Å². The molecule has 0 saturated carbocycles. The smallest absolute Gasteiger partial charge is 0.408 e. The van der Waals surface area contributed by atoms with Crippen molar-refractivity contribution in [3.05, 3.63) is 70.5 Å². The Balaban J connectivity index is 1.48. The standard InChI is InChI=1S/C20H19FN2O3S/c21-15-6-2-1-5-14(15)18-9-10-22(11-12-27-18)19(24)13-23-16-7-3-4-8-17(16)26-20(23)25/h1-8,18H,9-13H2. The van der Waals surface area contributed by atoms with E-state index < -0.39 is 5.76 Å². The second-order valence-electron chi connectivity index (χ2n) is 6.47. The first-order chi connectivity index (χ1) is 13.1. The average Bonchev–Trinajstić information content (AvgIpc) is 2.84. The van der Waals surface area contributed by atoms with E-state index in [2.05, 4.69) is 0 Å². The maximum atomic E-state index is 14.1. The number of halogens is 1. The molecule has 1 saturated heterocycles. The number of fused-ring (bicyclic) bond motifs is 1. The lowest BCUT2D eigenvalue weighted by Gasteiger charge is -2.20. The Kier molecular flexibility index (Phi) is 5.03. The minimum Gasteiger partial charge on any atom is -0.408 e. The van der Waals surface area contributed by atoms with E-state index in [4.69, 9.17) is 4.42 Å². The minimum atomic E-state index is -0.530. The Bertz CT molecular complexity index is 1030. The fourth-order valence-electron chi connectivity index (χ4n) is 3.40. The van der Waals surface area contributed by atoms with Crippen LogP contribution in [-0.4, -0.2) is 34.2 Å². The maximum Gasteiger partial charge on any atom is 0.420 e. The topological polar surface area (TPSA) is 55.5 Å². The fourth-order valence-corrected chi connectivity index (χ4v) is 4.66. The number of hydrogen-bond donors (Lipinski definition) is 0. The molecule has 0 spiro atoms. The molecule has 3 aromatic rings. The Hall–Kier alpha value is -2.54. The second kappa shape index (κ2) is 7.60. The first kappa shape index (κ1) is 17.9. The second-order valence-corrected chi connectivity index (χ2v) is 7.78. The number of carbonyl (C=O) groups excluding carboxylic acids is 1. The zero-order valence-corrected chi connectivity index (χ0v) is 15.5. The van der Waals surface area contributed by atoms with E-state index in [9.17, 15) is 14.0 Å². The predicted octanol–water partition coefficient (Wildman–Crippen LogP) is 3.44. The summed E-state index contributed by atoms with van der Waals surface area (Å²) < 4.78 is 20.6. The molecule has 1 atom stereocenters. The molecule has 1 aliphatic heterocycles. The summed E-state index contributed by atoms with van der Waals surface area (Å²) >= 11 is 1.67. The van der Waals surface area contributed by atoms with Gasteiger partial charge in [0.25, 0.3) is 0 Å². The molecule has 1 aliphatic rings. The summed E-state index contributed by atoms with van der Waals surface area (Å²) in [6.45, 7) is 1.07. The molecule has 1 unspecified atom stereocenters. The monoisotopic (exact) mass is 386 g/mol. The lowest BCUT2D eigenvalue weighted by atomic mass is 10.1. The normalized spacial score (nSPS) is 17.8. The number of oxazole rings is 1. The molecule has 7 heteroatoms. The molecule has 1 aromatic heterocycles. The van der Waals surface area contributed by atoms with E-state index in [-0.39, 0.29) is 23.5 Å². The van der Waals surface area contributed by atoms with Crippen molar-refractivity contribution >= 4 is 28.8 Å². The highest BCUT2D eigenvalue weighted by Crippen LogP contribution is 2.35. The van der Waals surface area contributed by atoms with Crippen molar-refractivity contribution in [3.8, 4) is 0 Å². The van der Waals surface area contributed by atoms with Gasteiger partial charge < -0.3 is 9.32 Å². The van der Waals surface area contributed by atoms with E-state index in [1.807, 2.05) is 12.1 Å². The van der Waals surface area contributed by atoms with E-state index in [1.54, 1.807) is 47.0 Å². The Morgan fingerprint density at radius 3 is 2.78 bits per heavy atom. The molecular weight excluding hydrogens is 367 g/mol. The van der Waals surface area contributed by atoms with Gasteiger partial charge in [0, 0.05) is 29.7 Å². The molecule has 2 aromatic carbocycles. The number of hydrogen-bond acceptors (Lipinski definition) is 4. The highest BCUT2D eigenvalue weighted by Gasteiger charge is 2.24. The molecule has 27 heavy (non-hydrogen) atoms. The highest BCUT2D eigenvalue weighted by atomic mass is 32.2. The summed E-state index contributed by atoms with van der Waals surface area (Å²) in [6.07, 6.45) is 0.679. The molecule has 140 valence electrons. The number of amides is 1. The van der Waals surface area contributed by atoms with Crippen LogP contribution in [0.5, 0.6) is 0 Å². The molecular formula is C20H19FN2O3S. The number of thioether (sulfide) groups is 1. The largest absolute Gasteiger partial charge is 0.420 e. The van der Waals surface area contributed by atoms with Crippen LogP contribution in [0, 0.1) is 5.82 Å². The summed E-state index contributed by atoms with van der Waals surface area (Å²) in [5.74, 6) is -0.131. The van der Waals surface area contributed by atoms with E-state index >= 15 is 0 Å². The van der Waals surface area contributed by atoms with E-state index in [0.29, 0.717) is 36.2 Å². The number of aromatic nitrogens is 1. The molecule has 5 nitrogen and oxygen atoms in total. The summed E-state index contributed by atoms with van der Waals surface area (Å²) in [4.78, 5) is 26.6. The molecule has 1 fully saturated rings. The SMILES string of the molecule is O=C(Cn1c(=O)oc2ccccc21)N1CCSC(c2ccccc2F)CC1. The van der Waals surface area contributed by atoms with Crippen molar-refractivity contribution in [2.45, 2.75) is 18.2 Å². The minimum absolute atomic E-state index is 0.0291. The van der Waals surface area contributed by atoms with Crippen LogP contribution in [0.4, 0.5) is 4.39 Å². The third-order valence-corrected chi connectivity index (χ3v) is 6.12. The van der Waals surface area contributed by atoms with Gasteiger partial charge in [-0.2, -0.15) is 11.8 Å². The van der Waals surface area contributed by atoms with Crippen molar-refractivity contribution < 1.29 is 13.6 Å². The van der Waals surface area contributed by atoms with Crippen molar-refractivity contribution in [2.75, 3.05) is 18.8 Å². The quantitative estimate of drug-likeness (QED) is 0.692. The lowest BCUT2D eigenvalue weighted by Crippen LogP contribution is -2.37. The average molecular weight is 386 g/mol. The number of benzene rings is 2. The summed E-state index contributed by atoms with van der Waals surface area (Å²) in [6, 6.07) is 13.9. The third-order valence-electron chi connectivity index (χ3n) is 4.81. The number of para-hydroxylation sites is 2. The summed E-state index contributed by atoms with van der Waals surface area (Å²) in [5.41, 5.74) is 1.78. The first-order valence-corrected chi connectivity index (χ1v) is 9.90. The van der Waals surface area contributed by atoms with Gasteiger partial charge in [-0.1, -0.05) is 30.3 Å². The maximum absolute atomic E-state index is 14.1. The number of carbonyl (C=O) groups is 1. The zero-order valence-electron chi connectivity index (χ0n) is 14.6. The van der Waals surface area contributed by atoms with Gasteiger partial charge in [0.05, 0.1) is 5.52 Å². The first-order valence-electron chi connectivity index (χ1n) is 8.85. The molecule has 0 N–H and O–H groups in total. The van der Waals surface area contributed by atoms with Gasteiger partial charge >= 0.3 is 5.76 Å². The molecule has 4 rings (SSSR count). The number of nitrogens with zero attached hydrogens (tertiary/aromatic N) is 2. The van der Waals surface area contributed by atoms with Gasteiger partial charge in [-0.25, -0.2) is 9.18 Å². The highest BCUT2D eigenvalue weighted by molar-refractivity contribution is 7.99. The van der Waals surface area contributed by atoms with Crippen molar-refractivity contribution in [2.24, 2.45) is 0 Å². The van der Waals surface area contributed by atoms with Gasteiger partial charge in [0.2, 0.25) is 5.91 Å². The van der Waals surface area contributed by atoms with Crippen LogP contribution in [0.1, 0.15) is 17.2 Å². The number of rotatable bonds is 3. The van der Waals surface area contributed by atoms with Crippen LogP contribution in [-0.2, 0) is 11.3 Å². The molecule has 0 bridgehead atoms. The Labute approximate surface area is 159 Å². The molecule has 0 aliphatic carbocycles.